The molecule has 3 nitrogen and oxygen atoms in total. The third kappa shape index (κ3) is 5.05. The molecule has 2 rings (SSSR count). The van der Waals surface area contributed by atoms with E-state index in [0.717, 1.165) is 30.4 Å². The number of aryl methyl sites for hydroxylation is 1. The number of hydrogen-bond acceptors (Lipinski definition) is 2. The summed E-state index contributed by atoms with van der Waals surface area (Å²) in [6.45, 7) is 8.30. The summed E-state index contributed by atoms with van der Waals surface area (Å²) in [6, 6.07) is 6.99. The van der Waals surface area contributed by atoms with Crippen LogP contribution in [0.4, 0.5) is 0 Å². The van der Waals surface area contributed by atoms with Gasteiger partial charge in [-0.15, -0.1) is 0 Å². The molecule has 126 valence electrons. The van der Waals surface area contributed by atoms with E-state index in [0.29, 0.717) is 11.4 Å². The highest BCUT2D eigenvalue weighted by molar-refractivity contribution is 7.89. The van der Waals surface area contributed by atoms with E-state index in [1.165, 1.54) is 12.8 Å². The van der Waals surface area contributed by atoms with Gasteiger partial charge >= 0.3 is 0 Å². The monoisotopic (exact) mass is 333 g/mol. The molecule has 1 fully saturated rings. The molecule has 0 saturated heterocycles. The smallest absolute Gasteiger partial charge is 0.211 e. The van der Waals surface area contributed by atoms with Crippen LogP contribution < -0.4 is 4.72 Å². The lowest BCUT2D eigenvalue weighted by Crippen LogP contribution is -2.35. The van der Waals surface area contributed by atoms with Crippen molar-refractivity contribution in [2.75, 3.05) is 6.54 Å². The normalized spacial score (nSPS) is 17.7. The third-order valence-electron chi connectivity index (χ3n) is 4.59. The lowest BCUT2D eigenvalue weighted by atomic mass is 9.82. The fraction of sp³-hybridized carbons (Fsp3) is 0.474. The van der Waals surface area contributed by atoms with Crippen LogP contribution in [0.1, 0.15) is 44.6 Å². The van der Waals surface area contributed by atoms with E-state index >= 15 is 0 Å². The first-order chi connectivity index (χ1) is 10.8. The molecule has 0 radical (unpaired) electrons. The molecule has 0 unspecified atom stereocenters. The topological polar surface area (TPSA) is 46.2 Å². The van der Waals surface area contributed by atoms with E-state index in [9.17, 15) is 8.42 Å². The molecule has 0 spiro atoms. The lowest BCUT2D eigenvalue weighted by Gasteiger charge is -2.28. The van der Waals surface area contributed by atoms with Gasteiger partial charge in [0, 0.05) is 6.54 Å². The molecule has 1 aromatic rings. The van der Waals surface area contributed by atoms with Crippen LogP contribution in [0.25, 0.3) is 0 Å². The first-order valence-corrected chi connectivity index (χ1v) is 9.70. The molecule has 0 amide bonds. The average molecular weight is 333 g/mol. The van der Waals surface area contributed by atoms with Crippen LogP contribution in [0.2, 0.25) is 0 Å². The van der Waals surface area contributed by atoms with Crippen molar-refractivity contribution in [3.63, 3.8) is 0 Å². The largest absolute Gasteiger partial charge is 0.240 e. The van der Waals surface area contributed by atoms with Crippen LogP contribution in [-0.4, -0.2) is 15.0 Å². The van der Waals surface area contributed by atoms with Gasteiger partial charge in [-0.05, 0) is 50.7 Å². The van der Waals surface area contributed by atoms with Crippen LogP contribution in [0.15, 0.2) is 53.5 Å². The fourth-order valence-electron chi connectivity index (χ4n) is 3.14. The maximum atomic E-state index is 12.5. The maximum absolute atomic E-state index is 12.5. The SMILES string of the molecule is C=C(C)/C=C/CC1(CNS(=O)(=O)c2ccc(C)cc2)CCCC1. The predicted molar refractivity (Wildman–Crippen MR) is 95.8 cm³/mol. The van der Waals surface area contributed by atoms with Gasteiger partial charge in [-0.3, -0.25) is 0 Å². The van der Waals surface area contributed by atoms with E-state index in [4.69, 9.17) is 0 Å². The van der Waals surface area contributed by atoms with Crippen molar-refractivity contribution in [1.82, 2.24) is 4.72 Å². The zero-order valence-electron chi connectivity index (χ0n) is 14.1. The molecule has 1 saturated carbocycles. The van der Waals surface area contributed by atoms with Crippen LogP contribution in [0, 0.1) is 12.3 Å². The first-order valence-electron chi connectivity index (χ1n) is 8.21. The predicted octanol–water partition coefficient (Wildman–Crippen LogP) is 4.36. The Morgan fingerprint density at radius 2 is 1.87 bits per heavy atom. The summed E-state index contributed by atoms with van der Waals surface area (Å²) in [5.41, 5.74) is 2.13. The highest BCUT2D eigenvalue weighted by Gasteiger charge is 2.34. The van der Waals surface area contributed by atoms with E-state index < -0.39 is 10.0 Å². The van der Waals surface area contributed by atoms with Gasteiger partial charge in [-0.1, -0.05) is 54.8 Å². The summed E-state index contributed by atoms with van der Waals surface area (Å²) < 4.78 is 27.8. The average Bonchev–Trinajstić information content (AvgIpc) is 2.95. The van der Waals surface area contributed by atoms with Gasteiger partial charge in [0.25, 0.3) is 0 Å². The van der Waals surface area contributed by atoms with E-state index in [1.54, 1.807) is 12.1 Å². The number of sulfonamides is 1. The van der Waals surface area contributed by atoms with E-state index in [2.05, 4.69) is 17.4 Å². The second-order valence-corrected chi connectivity index (χ2v) is 8.56. The lowest BCUT2D eigenvalue weighted by molar-refractivity contribution is 0.301. The van der Waals surface area contributed by atoms with Gasteiger partial charge in [-0.25, -0.2) is 13.1 Å². The van der Waals surface area contributed by atoms with Crippen molar-refractivity contribution >= 4 is 10.0 Å². The Morgan fingerprint density at radius 1 is 1.26 bits per heavy atom. The van der Waals surface area contributed by atoms with Gasteiger partial charge in [0.2, 0.25) is 10.0 Å². The molecule has 0 aliphatic heterocycles. The number of allylic oxidation sites excluding steroid dienone is 3. The minimum atomic E-state index is -3.44. The molecule has 1 aromatic carbocycles. The summed E-state index contributed by atoms with van der Waals surface area (Å²) in [4.78, 5) is 0.341. The first kappa shape index (κ1) is 18.0. The molecular formula is C19H27NO2S. The second kappa shape index (κ2) is 7.45. The minimum Gasteiger partial charge on any atom is -0.211 e. The molecule has 0 bridgehead atoms. The van der Waals surface area contributed by atoms with Crippen LogP contribution in [0.5, 0.6) is 0 Å². The minimum absolute atomic E-state index is 0.0454. The number of nitrogens with one attached hydrogen (secondary N) is 1. The molecule has 1 N–H and O–H groups in total. The van der Waals surface area contributed by atoms with Crippen molar-refractivity contribution in [3.05, 3.63) is 54.1 Å². The zero-order valence-corrected chi connectivity index (χ0v) is 15.0. The zero-order chi connectivity index (χ0) is 16.9. The van der Waals surface area contributed by atoms with Crippen LogP contribution in [0.3, 0.4) is 0 Å². The number of benzene rings is 1. The summed E-state index contributed by atoms with van der Waals surface area (Å²) in [5, 5.41) is 0. The van der Waals surface area contributed by atoms with E-state index in [1.807, 2.05) is 32.1 Å². The highest BCUT2D eigenvalue weighted by Crippen LogP contribution is 2.41. The number of rotatable bonds is 7. The quantitative estimate of drug-likeness (QED) is 0.754. The Labute approximate surface area is 140 Å². The summed E-state index contributed by atoms with van der Waals surface area (Å²) in [6.07, 6.45) is 9.55. The third-order valence-corrected chi connectivity index (χ3v) is 6.00. The molecule has 23 heavy (non-hydrogen) atoms. The molecule has 0 aromatic heterocycles. The fourth-order valence-corrected chi connectivity index (χ4v) is 4.29. The number of hydrogen-bond donors (Lipinski definition) is 1. The van der Waals surface area contributed by atoms with Gasteiger partial charge < -0.3 is 0 Å². The highest BCUT2D eigenvalue weighted by atomic mass is 32.2. The molecule has 1 aliphatic carbocycles. The van der Waals surface area contributed by atoms with Crippen molar-refractivity contribution in [2.24, 2.45) is 5.41 Å². The molecule has 0 heterocycles. The Morgan fingerprint density at radius 3 is 2.43 bits per heavy atom. The van der Waals surface area contributed by atoms with Crippen LogP contribution >= 0.6 is 0 Å². The molecular weight excluding hydrogens is 306 g/mol. The second-order valence-electron chi connectivity index (χ2n) is 6.80. The Kier molecular flexibility index (Phi) is 5.82. The maximum Gasteiger partial charge on any atom is 0.240 e. The van der Waals surface area contributed by atoms with Crippen molar-refractivity contribution in [2.45, 2.75) is 50.8 Å². The molecule has 1 aliphatic rings. The summed E-state index contributed by atoms with van der Waals surface area (Å²) >= 11 is 0. The molecule has 4 heteroatoms. The standard InChI is InChI=1S/C19H27NO2S/c1-16(2)7-6-14-19(12-4-5-13-19)15-20-23(21,22)18-10-8-17(3)9-11-18/h6-11,20H,1,4-5,12-15H2,2-3H3/b7-6+. The van der Waals surface area contributed by atoms with Gasteiger partial charge in [0.1, 0.15) is 0 Å². The van der Waals surface area contributed by atoms with Crippen molar-refractivity contribution < 1.29 is 8.42 Å². The Bertz CT molecular complexity index is 666. The van der Waals surface area contributed by atoms with Crippen molar-refractivity contribution in [1.29, 1.82) is 0 Å². The summed E-state index contributed by atoms with van der Waals surface area (Å²) in [5.74, 6) is 0. The van der Waals surface area contributed by atoms with Gasteiger partial charge in [0.15, 0.2) is 0 Å². The van der Waals surface area contributed by atoms with Gasteiger partial charge in [0.05, 0.1) is 4.90 Å². The molecule has 0 atom stereocenters. The van der Waals surface area contributed by atoms with Crippen molar-refractivity contribution in [3.8, 4) is 0 Å². The van der Waals surface area contributed by atoms with Crippen LogP contribution in [-0.2, 0) is 10.0 Å². The summed E-state index contributed by atoms with van der Waals surface area (Å²) in [7, 11) is -3.44. The Balaban J connectivity index is 2.06. The van der Waals surface area contributed by atoms with E-state index in [-0.39, 0.29) is 5.41 Å². The van der Waals surface area contributed by atoms with Gasteiger partial charge in [-0.2, -0.15) is 0 Å². The Hall–Kier alpha value is -1.39.